The second-order valence-electron chi connectivity index (χ2n) is 4.95. The maximum absolute atomic E-state index is 12.3. The lowest BCUT2D eigenvalue weighted by molar-refractivity contribution is 0.166. The molecule has 1 atom stereocenters. The molecule has 5 heteroatoms. The fraction of sp³-hybridized carbons (Fsp3) is 0.533. The van der Waals surface area contributed by atoms with Gasteiger partial charge in [0.2, 0.25) is 0 Å². The van der Waals surface area contributed by atoms with E-state index in [1.54, 1.807) is 4.90 Å². The highest BCUT2D eigenvalue weighted by molar-refractivity contribution is 5.91. The third-order valence-electron chi connectivity index (χ3n) is 3.44. The van der Waals surface area contributed by atoms with Gasteiger partial charge in [0.25, 0.3) is 0 Å². The van der Waals surface area contributed by atoms with Gasteiger partial charge < -0.3 is 20.1 Å². The van der Waals surface area contributed by atoms with Crippen molar-refractivity contribution < 1.29 is 14.6 Å². The average molecular weight is 278 g/mol. The van der Waals surface area contributed by atoms with E-state index in [0.29, 0.717) is 24.6 Å². The SMILES string of the molecule is CCCOc1ccccc1NC(=O)N1CCC[C@H]1CO. The number of urea groups is 1. The van der Waals surface area contributed by atoms with Crippen LogP contribution >= 0.6 is 0 Å². The fourth-order valence-corrected chi connectivity index (χ4v) is 2.39. The van der Waals surface area contributed by atoms with Crippen LogP contribution in [0.2, 0.25) is 0 Å². The van der Waals surface area contributed by atoms with Crippen LogP contribution in [-0.2, 0) is 0 Å². The maximum atomic E-state index is 12.3. The number of aliphatic hydroxyl groups excluding tert-OH is 1. The van der Waals surface area contributed by atoms with Crippen molar-refractivity contribution in [2.75, 3.05) is 25.1 Å². The molecule has 1 heterocycles. The number of rotatable bonds is 5. The van der Waals surface area contributed by atoms with E-state index in [0.717, 1.165) is 19.3 Å². The molecule has 20 heavy (non-hydrogen) atoms. The third-order valence-corrected chi connectivity index (χ3v) is 3.44. The first-order valence-electron chi connectivity index (χ1n) is 7.16. The number of nitrogens with one attached hydrogen (secondary N) is 1. The maximum Gasteiger partial charge on any atom is 0.322 e. The van der Waals surface area contributed by atoms with Gasteiger partial charge in [-0.2, -0.15) is 0 Å². The smallest absolute Gasteiger partial charge is 0.322 e. The van der Waals surface area contributed by atoms with Gasteiger partial charge in [-0.25, -0.2) is 4.79 Å². The lowest BCUT2D eigenvalue weighted by Crippen LogP contribution is -2.40. The molecule has 1 aliphatic rings. The van der Waals surface area contributed by atoms with E-state index >= 15 is 0 Å². The van der Waals surface area contributed by atoms with Gasteiger partial charge in [0.1, 0.15) is 5.75 Å². The minimum atomic E-state index is -0.172. The molecular weight excluding hydrogens is 256 g/mol. The van der Waals surface area contributed by atoms with Crippen LogP contribution in [0.5, 0.6) is 5.75 Å². The summed E-state index contributed by atoms with van der Waals surface area (Å²) in [5.74, 6) is 0.683. The fourth-order valence-electron chi connectivity index (χ4n) is 2.39. The van der Waals surface area contributed by atoms with Crippen LogP contribution in [0.3, 0.4) is 0 Å². The highest BCUT2D eigenvalue weighted by Crippen LogP contribution is 2.25. The minimum absolute atomic E-state index is 0.0153. The van der Waals surface area contributed by atoms with Crippen LogP contribution in [-0.4, -0.2) is 41.8 Å². The van der Waals surface area contributed by atoms with Crippen molar-refractivity contribution >= 4 is 11.7 Å². The van der Waals surface area contributed by atoms with E-state index in [4.69, 9.17) is 4.74 Å². The zero-order chi connectivity index (χ0) is 14.4. The van der Waals surface area contributed by atoms with Crippen molar-refractivity contribution in [2.24, 2.45) is 0 Å². The van der Waals surface area contributed by atoms with Gasteiger partial charge in [-0.05, 0) is 31.4 Å². The second kappa shape index (κ2) is 7.14. The van der Waals surface area contributed by atoms with Gasteiger partial charge in [0, 0.05) is 6.54 Å². The normalized spacial score (nSPS) is 18.1. The molecule has 2 rings (SSSR count). The summed E-state index contributed by atoms with van der Waals surface area (Å²) in [6, 6.07) is 7.17. The first-order chi connectivity index (χ1) is 9.76. The van der Waals surface area contributed by atoms with E-state index in [-0.39, 0.29) is 18.7 Å². The lowest BCUT2D eigenvalue weighted by Gasteiger charge is -2.24. The molecule has 1 fully saturated rings. The van der Waals surface area contributed by atoms with Crippen molar-refractivity contribution in [1.82, 2.24) is 4.90 Å². The number of amides is 2. The van der Waals surface area contributed by atoms with Crippen molar-refractivity contribution in [3.05, 3.63) is 24.3 Å². The summed E-state index contributed by atoms with van der Waals surface area (Å²) in [7, 11) is 0. The molecule has 1 saturated heterocycles. The quantitative estimate of drug-likeness (QED) is 0.869. The number of carbonyl (C=O) groups is 1. The standard InChI is InChI=1S/C15H22N2O3/c1-2-10-20-14-8-4-3-7-13(14)16-15(19)17-9-5-6-12(17)11-18/h3-4,7-8,12,18H,2,5-6,9-11H2,1H3,(H,16,19)/t12-/m0/s1. The molecule has 0 spiro atoms. The number of para-hydroxylation sites is 2. The first-order valence-corrected chi connectivity index (χ1v) is 7.16. The molecular formula is C15H22N2O3. The van der Waals surface area contributed by atoms with E-state index in [2.05, 4.69) is 5.32 Å². The molecule has 0 bridgehead atoms. The minimum Gasteiger partial charge on any atom is -0.491 e. The topological polar surface area (TPSA) is 61.8 Å². The van der Waals surface area contributed by atoms with Crippen LogP contribution in [0.4, 0.5) is 10.5 Å². The number of likely N-dealkylation sites (tertiary alicyclic amines) is 1. The third kappa shape index (κ3) is 3.42. The zero-order valence-electron chi connectivity index (χ0n) is 11.8. The molecule has 0 aliphatic carbocycles. The lowest BCUT2D eigenvalue weighted by atomic mass is 10.2. The summed E-state index contributed by atoms with van der Waals surface area (Å²) in [6.45, 7) is 3.36. The van der Waals surface area contributed by atoms with Crippen LogP contribution in [0.15, 0.2) is 24.3 Å². The Labute approximate surface area is 119 Å². The number of ether oxygens (including phenoxy) is 1. The number of aliphatic hydroxyl groups is 1. The Morgan fingerprint density at radius 2 is 2.30 bits per heavy atom. The van der Waals surface area contributed by atoms with Crippen molar-refractivity contribution in [1.29, 1.82) is 0 Å². The van der Waals surface area contributed by atoms with Gasteiger partial charge in [-0.3, -0.25) is 0 Å². The summed E-state index contributed by atoms with van der Waals surface area (Å²) in [6.07, 6.45) is 2.71. The number of hydrogen-bond acceptors (Lipinski definition) is 3. The highest BCUT2D eigenvalue weighted by atomic mass is 16.5. The Balaban J connectivity index is 2.03. The Morgan fingerprint density at radius 3 is 3.05 bits per heavy atom. The molecule has 0 unspecified atom stereocenters. The molecule has 2 amide bonds. The molecule has 1 aliphatic heterocycles. The summed E-state index contributed by atoms with van der Waals surface area (Å²) in [4.78, 5) is 13.9. The number of anilines is 1. The second-order valence-corrected chi connectivity index (χ2v) is 4.95. The van der Waals surface area contributed by atoms with E-state index in [9.17, 15) is 9.90 Å². The van der Waals surface area contributed by atoms with E-state index in [1.165, 1.54) is 0 Å². The van der Waals surface area contributed by atoms with E-state index < -0.39 is 0 Å². The van der Waals surface area contributed by atoms with Gasteiger partial charge in [0.05, 0.1) is 24.9 Å². The molecule has 1 aromatic rings. The summed E-state index contributed by atoms with van der Waals surface area (Å²) < 4.78 is 5.62. The Morgan fingerprint density at radius 1 is 1.50 bits per heavy atom. The van der Waals surface area contributed by atoms with Gasteiger partial charge in [-0.15, -0.1) is 0 Å². The van der Waals surface area contributed by atoms with Gasteiger partial charge in [0.15, 0.2) is 0 Å². The first kappa shape index (κ1) is 14.7. The van der Waals surface area contributed by atoms with Crippen LogP contribution < -0.4 is 10.1 Å². The van der Waals surface area contributed by atoms with Gasteiger partial charge in [-0.1, -0.05) is 19.1 Å². The Hall–Kier alpha value is -1.75. The molecule has 1 aromatic carbocycles. The Kier molecular flexibility index (Phi) is 5.24. The number of carbonyl (C=O) groups excluding carboxylic acids is 1. The summed E-state index contributed by atoms with van der Waals surface area (Å²) in [5.41, 5.74) is 0.675. The van der Waals surface area contributed by atoms with Crippen LogP contribution in [0.25, 0.3) is 0 Å². The monoisotopic (exact) mass is 278 g/mol. The summed E-state index contributed by atoms with van der Waals surface area (Å²) in [5, 5.41) is 12.2. The molecule has 0 saturated carbocycles. The van der Waals surface area contributed by atoms with Crippen LogP contribution in [0, 0.1) is 0 Å². The van der Waals surface area contributed by atoms with Crippen molar-refractivity contribution in [3.8, 4) is 5.75 Å². The van der Waals surface area contributed by atoms with Crippen molar-refractivity contribution in [2.45, 2.75) is 32.2 Å². The predicted molar refractivity (Wildman–Crippen MR) is 78.1 cm³/mol. The molecule has 0 aromatic heterocycles. The predicted octanol–water partition coefficient (Wildman–Crippen LogP) is 2.46. The highest BCUT2D eigenvalue weighted by Gasteiger charge is 2.28. The Bertz CT molecular complexity index is 450. The van der Waals surface area contributed by atoms with Gasteiger partial charge >= 0.3 is 6.03 Å². The molecule has 0 radical (unpaired) electrons. The molecule has 110 valence electrons. The average Bonchev–Trinajstić information content (AvgIpc) is 2.95. The van der Waals surface area contributed by atoms with E-state index in [1.807, 2.05) is 31.2 Å². The van der Waals surface area contributed by atoms with Crippen molar-refractivity contribution in [3.63, 3.8) is 0 Å². The summed E-state index contributed by atoms with van der Waals surface area (Å²) >= 11 is 0. The number of nitrogens with zero attached hydrogens (tertiary/aromatic N) is 1. The number of hydrogen-bond donors (Lipinski definition) is 2. The molecule has 2 N–H and O–H groups in total. The molecule has 5 nitrogen and oxygen atoms in total. The largest absolute Gasteiger partial charge is 0.491 e. The zero-order valence-corrected chi connectivity index (χ0v) is 11.8. The van der Waals surface area contributed by atoms with Crippen LogP contribution in [0.1, 0.15) is 26.2 Å². The number of benzene rings is 1.